The van der Waals surface area contributed by atoms with Crippen LogP contribution in [0.15, 0.2) is 229 Å². The number of fused-ring (bicyclic) bond motifs is 3. The predicted molar refractivity (Wildman–Crippen MR) is 332 cm³/mol. The number of phenols is 1. The molecule has 0 amide bonds. The highest BCUT2D eigenvalue weighted by Gasteiger charge is 2.27. The summed E-state index contributed by atoms with van der Waals surface area (Å²) in [7, 11) is 0. The molecule has 0 saturated carbocycles. The summed E-state index contributed by atoms with van der Waals surface area (Å²) in [4.78, 5) is 4.65. The van der Waals surface area contributed by atoms with Crippen molar-refractivity contribution < 1.29 is 9.52 Å². The lowest BCUT2D eigenvalue weighted by atomic mass is 9.90. The molecule has 0 aliphatic rings. The smallest absolute Gasteiger partial charge is 0.159 e. The van der Waals surface area contributed by atoms with Gasteiger partial charge >= 0.3 is 0 Å². The molecule has 13 aromatic rings. The maximum Gasteiger partial charge on any atom is 0.159 e. The number of para-hydroxylation sites is 3. The summed E-state index contributed by atoms with van der Waals surface area (Å²) in [6, 6.07) is 81.2. The molecule has 4 nitrogen and oxygen atoms in total. The summed E-state index contributed by atoms with van der Waals surface area (Å²) in [5.41, 5.74) is 19.0. The van der Waals surface area contributed by atoms with Gasteiger partial charge in [-0.3, -0.25) is 0 Å². The Morgan fingerprint density at radius 3 is 1.41 bits per heavy atom. The summed E-state index contributed by atoms with van der Waals surface area (Å²) < 4.78 is 7.26. The highest BCUT2D eigenvalue weighted by Crippen LogP contribution is 2.52. The van der Waals surface area contributed by atoms with E-state index in [4.69, 9.17) is 4.42 Å². The number of aryl methyl sites for hydroxylation is 2. The molecule has 0 aliphatic carbocycles. The molecule has 1 aromatic heterocycles. The molecule has 4 heteroatoms. The zero-order valence-corrected chi connectivity index (χ0v) is 45.2. The third kappa shape index (κ3) is 8.14. The van der Waals surface area contributed by atoms with Crippen LogP contribution in [0, 0.1) is 0 Å². The standard InChI is InChI=1S/C74H62N2O2/c1-7-48-29-37-54(38-30-48)75(68-27-15-23-59(72(68)77)53-18-13-17-52(45-53)58-21-11-9-19-56(58)46(3)4)66-43-35-50-34-42-65-67(44-36-51-33-41-64(66)70(50)71(51)65)76(55-39-31-49(8-2)32-40-55)69-28-16-26-63-62-25-14-24-61(73(62)78-74(63)69)60-22-12-10-20-57(60)47(5)6/h9-47,77H,7-8H2,1-6H3. The Kier molecular flexibility index (Phi) is 12.3. The molecule has 0 aliphatic heterocycles. The quantitative estimate of drug-likeness (QED) is 0.117. The summed E-state index contributed by atoms with van der Waals surface area (Å²) in [5.74, 6) is 0.943. The van der Waals surface area contributed by atoms with Crippen LogP contribution >= 0.6 is 0 Å². The number of phenolic OH excluding ortho intramolecular Hbond substituents is 1. The SMILES string of the molecule is CCc1ccc(N(c2cccc(-c3cccc(-c4ccccc4C(C)C)c3)c2O)c2ccc3ccc4c(N(c5ccc(CC)cc5)c5cccc6c5oc5c(-c7ccccc7C(C)C)cccc56)ccc5ccc2c3c54)cc1. The number of benzene rings is 12. The Hall–Kier alpha value is -9.12. The van der Waals surface area contributed by atoms with Crippen molar-refractivity contribution in [1.29, 1.82) is 0 Å². The van der Waals surface area contributed by atoms with Gasteiger partial charge in [0.1, 0.15) is 11.3 Å². The van der Waals surface area contributed by atoms with Crippen molar-refractivity contribution in [2.45, 2.75) is 66.2 Å². The van der Waals surface area contributed by atoms with Gasteiger partial charge in [0.05, 0.1) is 22.7 Å². The highest BCUT2D eigenvalue weighted by molar-refractivity contribution is 6.28. The molecule has 1 heterocycles. The fourth-order valence-corrected chi connectivity index (χ4v) is 12.2. The molecular weight excluding hydrogens is 949 g/mol. The number of furan rings is 1. The third-order valence-corrected chi connectivity index (χ3v) is 16.2. The molecule has 0 unspecified atom stereocenters. The molecular formula is C74H62N2O2. The van der Waals surface area contributed by atoms with Crippen molar-refractivity contribution in [3.63, 3.8) is 0 Å². The lowest BCUT2D eigenvalue weighted by Gasteiger charge is -2.30. The third-order valence-electron chi connectivity index (χ3n) is 16.2. The molecule has 0 spiro atoms. The van der Waals surface area contributed by atoms with Crippen molar-refractivity contribution in [1.82, 2.24) is 0 Å². The van der Waals surface area contributed by atoms with E-state index in [2.05, 4.69) is 264 Å². The molecule has 78 heavy (non-hydrogen) atoms. The second-order valence-corrected chi connectivity index (χ2v) is 21.5. The van der Waals surface area contributed by atoms with Crippen LogP contribution in [-0.2, 0) is 12.8 Å². The van der Waals surface area contributed by atoms with Crippen LogP contribution in [0.2, 0.25) is 0 Å². The van der Waals surface area contributed by atoms with E-state index in [1.54, 1.807) is 0 Å². The fraction of sp³-hybridized carbons (Fsp3) is 0.135. The monoisotopic (exact) mass is 1010 g/mol. The molecule has 0 bridgehead atoms. The van der Waals surface area contributed by atoms with Crippen molar-refractivity contribution >= 4 is 88.4 Å². The molecule has 13 rings (SSSR count). The topological polar surface area (TPSA) is 39.9 Å². The Morgan fingerprint density at radius 2 is 0.821 bits per heavy atom. The molecule has 0 radical (unpaired) electrons. The number of aromatic hydroxyl groups is 1. The first kappa shape index (κ1) is 48.5. The second-order valence-electron chi connectivity index (χ2n) is 21.5. The van der Waals surface area contributed by atoms with Gasteiger partial charge in [0.25, 0.3) is 0 Å². The number of hydrogen-bond donors (Lipinski definition) is 1. The van der Waals surface area contributed by atoms with Crippen molar-refractivity contribution in [2.24, 2.45) is 0 Å². The minimum atomic E-state index is 0.222. The van der Waals surface area contributed by atoms with Gasteiger partial charge in [0, 0.05) is 44.0 Å². The van der Waals surface area contributed by atoms with Gasteiger partial charge in [-0.2, -0.15) is 0 Å². The first-order chi connectivity index (χ1) is 38.2. The van der Waals surface area contributed by atoms with Crippen LogP contribution in [-0.4, -0.2) is 5.11 Å². The van der Waals surface area contributed by atoms with Crippen molar-refractivity contribution in [2.75, 3.05) is 9.80 Å². The Morgan fingerprint density at radius 1 is 0.372 bits per heavy atom. The van der Waals surface area contributed by atoms with Crippen LogP contribution in [0.25, 0.3) is 87.6 Å². The minimum absolute atomic E-state index is 0.222. The second kappa shape index (κ2) is 19.8. The Balaban J connectivity index is 1.01. The maximum atomic E-state index is 12.8. The molecule has 0 saturated heterocycles. The molecule has 0 atom stereocenters. The Labute approximate surface area is 457 Å². The first-order valence-corrected chi connectivity index (χ1v) is 27.7. The number of hydrogen-bond acceptors (Lipinski definition) is 4. The van der Waals surface area contributed by atoms with Gasteiger partial charge in [0.15, 0.2) is 5.58 Å². The lowest BCUT2D eigenvalue weighted by molar-refractivity contribution is 0.478. The highest BCUT2D eigenvalue weighted by atomic mass is 16.3. The fourth-order valence-electron chi connectivity index (χ4n) is 12.2. The van der Waals surface area contributed by atoms with E-state index in [-0.39, 0.29) is 5.75 Å². The van der Waals surface area contributed by atoms with Gasteiger partial charge in [-0.25, -0.2) is 0 Å². The summed E-state index contributed by atoms with van der Waals surface area (Å²) in [6.45, 7) is 13.4. The van der Waals surface area contributed by atoms with Crippen molar-refractivity contribution in [3.05, 3.63) is 247 Å². The molecule has 12 aromatic carbocycles. The van der Waals surface area contributed by atoms with E-state index < -0.39 is 0 Å². The van der Waals surface area contributed by atoms with Crippen LogP contribution < -0.4 is 9.80 Å². The van der Waals surface area contributed by atoms with Gasteiger partial charge in [-0.1, -0.05) is 211 Å². The molecule has 0 fully saturated rings. The molecule has 1 N–H and O–H groups in total. The first-order valence-electron chi connectivity index (χ1n) is 27.7. The van der Waals surface area contributed by atoms with E-state index in [1.165, 1.54) is 44.2 Å². The summed E-state index contributed by atoms with van der Waals surface area (Å²) in [5, 5.41) is 21.8. The van der Waals surface area contributed by atoms with E-state index >= 15 is 0 Å². The normalized spacial score (nSPS) is 11.8. The van der Waals surface area contributed by atoms with E-state index in [0.29, 0.717) is 17.5 Å². The average molecular weight is 1010 g/mol. The lowest BCUT2D eigenvalue weighted by Crippen LogP contribution is -2.12. The number of nitrogens with zero attached hydrogens (tertiary/aromatic N) is 2. The predicted octanol–water partition coefficient (Wildman–Crippen LogP) is 21.5. The van der Waals surface area contributed by atoms with E-state index in [0.717, 1.165) is 107 Å². The summed E-state index contributed by atoms with van der Waals surface area (Å²) in [6.07, 6.45) is 1.88. The van der Waals surface area contributed by atoms with Crippen LogP contribution in [0.5, 0.6) is 5.75 Å². The number of rotatable bonds is 13. The van der Waals surface area contributed by atoms with Crippen LogP contribution in [0.4, 0.5) is 34.1 Å². The van der Waals surface area contributed by atoms with Crippen molar-refractivity contribution in [3.8, 4) is 39.1 Å². The van der Waals surface area contributed by atoms with Crippen LogP contribution in [0.3, 0.4) is 0 Å². The van der Waals surface area contributed by atoms with E-state index in [1.807, 2.05) is 12.1 Å². The maximum absolute atomic E-state index is 12.8. The van der Waals surface area contributed by atoms with E-state index in [9.17, 15) is 5.11 Å². The zero-order chi connectivity index (χ0) is 53.2. The summed E-state index contributed by atoms with van der Waals surface area (Å²) >= 11 is 0. The van der Waals surface area contributed by atoms with Gasteiger partial charge in [0.2, 0.25) is 0 Å². The Bertz CT molecular complexity index is 4370. The average Bonchev–Trinajstić information content (AvgIpc) is 4.05. The van der Waals surface area contributed by atoms with Gasteiger partial charge in [-0.15, -0.1) is 0 Å². The number of anilines is 6. The van der Waals surface area contributed by atoms with Crippen LogP contribution in [0.1, 0.15) is 75.6 Å². The largest absolute Gasteiger partial charge is 0.505 e. The van der Waals surface area contributed by atoms with Gasteiger partial charge in [-0.05, 0) is 145 Å². The minimum Gasteiger partial charge on any atom is -0.505 e. The van der Waals surface area contributed by atoms with Gasteiger partial charge < -0.3 is 19.3 Å². The zero-order valence-electron chi connectivity index (χ0n) is 45.2. The molecule has 380 valence electrons.